The zero-order valence-electron chi connectivity index (χ0n) is 12.4. The highest BCUT2D eigenvalue weighted by atomic mass is 32.1. The smallest absolute Gasteiger partial charge is 0.140 e. The van der Waals surface area contributed by atoms with E-state index in [1.807, 2.05) is 30.5 Å². The summed E-state index contributed by atoms with van der Waals surface area (Å²) < 4.78 is 11.2. The molecule has 1 fully saturated rings. The topological polar surface area (TPSA) is 43.4 Å². The maximum absolute atomic E-state index is 5.94. The fraction of sp³-hybridized carbons (Fsp3) is 0.438. The molecule has 0 spiro atoms. The van der Waals surface area contributed by atoms with Gasteiger partial charge in [0, 0.05) is 29.2 Å². The largest absolute Gasteiger partial charge is 0.497 e. The minimum absolute atomic E-state index is 0.515. The molecule has 2 aromatic rings. The molecular formula is C16H20N2O2S. The first-order chi connectivity index (χ1) is 10.2. The summed E-state index contributed by atoms with van der Waals surface area (Å²) >= 11 is 1.63. The molecule has 5 heteroatoms. The van der Waals surface area contributed by atoms with E-state index >= 15 is 0 Å². The van der Waals surface area contributed by atoms with Gasteiger partial charge in [0.2, 0.25) is 0 Å². The maximum atomic E-state index is 5.94. The Morgan fingerprint density at radius 1 is 1.38 bits per heavy atom. The molecule has 4 nitrogen and oxygen atoms in total. The molecule has 0 atom stereocenters. The van der Waals surface area contributed by atoms with E-state index in [4.69, 9.17) is 9.47 Å². The van der Waals surface area contributed by atoms with Crippen LogP contribution >= 0.6 is 11.3 Å². The van der Waals surface area contributed by atoms with Crippen molar-refractivity contribution in [1.29, 1.82) is 0 Å². The summed E-state index contributed by atoms with van der Waals surface area (Å²) in [6.45, 7) is 3.33. The summed E-state index contributed by atoms with van der Waals surface area (Å²) in [7, 11) is 1.69. The van der Waals surface area contributed by atoms with Gasteiger partial charge in [-0.15, -0.1) is 11.3 Å². The third-order valence-corrected chi connectivity index (χ3v) is 4.38. The van der Waals surface area contributed by atoms with E-state index in [-0.39, 0.29) is 0 Å². The van der Waals surface area contributed by atoms with Crippen molar-refractivity contribution in [3.8, 4) is 11.5 Å². The number of methoxy groups -OCH3 is 1. The number of nitrogens with zero attached hydrogens (tertiary/aromatic N) is 1. The Balaban J connectivity index is 1.69. The van der Waals surface area contributed by atoms with Crippen LogP contribution in [-0.2, 0) is 13.2 Å². The number of hydrogen-bond donors (Lipinski definition) is 1. The number of benzene rings is 1. The van der Waals surface area contributed by atoms with Crippen molar-refractivity contribution in [2.75, 3.05) is 7.11 Å². The molecule has 0 saturated heterocycles. The van der Waals surface area contributed by atoms with Crippen LogP contribution in [0.15, 0.2) is 23.6 Å². The van der Waals surface area contributed by atoms with Crippen molar-refractivity contribution in [1.82, 2.24) is 10.3 Å². The molecule has 0 unspecified atom stereocenters. The predicted octanol–water partition coefficient (Wildman–Crippen LogP) is 3.29. The number of thiazole rings is 1. The van der Waals surface area contributed by atoms with Crippen molar-refractivity contribution < 1.29 is 9.47 Å². The second-order valence-corrected chi connectivity index (χ2v) is 6.24. The number of rotatable bonds is 7. The van der Waals surface area contributed by atoms with Crippen LogP contribution in [-0.4, -0.2) is 18.1 Å². The van der Waals surface area contributed by atoms with Crippen LogP contribution in [0.3, 0.4) is 0 Å². The molecule has 1 aliphatic carbocycles. The summed E-state index contributed by atoms with van der Waals surface area (Å²) in [4.78, 5) is 4.43. The van der Waals surface area contributed by atoms with Gasteiger partial charge in [0.15, 0.2) is 0 Å². The van der Waals surface area contributed by atoms with Crippen molar-refractivity contribution >= 4 is 11.3 Å². The Morgan fingerprint density at radius 2 is 2.24 bits per heavy atom. The first-order valence-corrected chi connectivity index (χ1v) is 8.06. The van der Waals surface area contributed by atoms with Gasteiger partial charge in [-0.05, 0) is 38.0 Å². The Labute approximate surface area is 129 Å². The standard InChI is InChI=1S/C16H20N2O2S/c1-11-10-21-16(18-11)9-20-15-6-5-14(19-2)7-12(15)8-17-13-3-4-13/h5-7,10,13,17H,3-4,8-9H2,1-2H3. The Kier molecular flexibility index (Phi) is 4.41. The lowest BCUT2D eigenvalue weighted by atomic mass is 10.2. The van der Waals surface area contributed by atoms with Gasteiger partial charge in [-0.25, -0.2) is 4.98 Å². The molecule has 1 heterocycles. The second-order valence-electron chi connectivity index (χ2n) is 5.30. The SMILES string of the molecule is COc1ccc(OCc2nc(C)cs2)c(CNC2CC2)c1. The van der Waals surface area contributed by atoms with E-state index in [1.54, 1.807) is 18.4 Å². The van der Waals surface area contributed by atoms with E-state index in [0.29, 0.717) is 12.6 Å². The highest BCUT2D eigenvalue weighted by molar-refractivity contribution is 7.09. The fourth-order valence-electron chi connectivity index (χ4n) is 2.11. The van der Waals surface area contributed by atoms with Gasteiger partial charge < -0.3 is 14.8 Å². The Bertz CT molecular complexity index is 608. The lowest BCUT2D eigenvalue weighted by molar-refractivity contribution is 0.300. The summed E-state index contributed by atoms with van der Waals surface area (Å²) in [5.41, 5.74) is 2.18. The van der Waals surface area contributed by atoms with Gasteiger partial charge >= 0.3 is 0 Å². The quantitative estimate of drug-likeness (QED) is 0.852. The number of hydrogen-bond acceptors (Lipinski definition) is 5. The van der Waals surface area contributed by atoms with E-state index in [0.717, 1.165) is 34.3 Å². The second kappa shape index (κ2) is 6.45. The summed E-state index contributed by atoms with van der Waals surface area (Å²) in [6.07, 6.45) is 2.55. The lowest BCUT2D eigenvalue weighted by Gasteiger charge is -2.13. The summed E-state index contributed by atoms with van der Waals surface area (Å²) in [5, 5.41) is 6.57. The third-order valence-electron chi connectivity index (χ3n) is 3.44. The zero-order valence-corrected chi connectivity index (χ0v) is 13.2. The molecule has 1 saturated carbocycles. The van der Waals surface area contributed by atoms with Crippen LogP contribution in [0.2, 0.25) is 0 Å². The minimum atomic E-state index is 0.515. The van der Waals surface area contributed by atoms with Gasteiger partial charge in [-0.3, -0.25) is 0 Å². The number of aryl methyl sites for hydroxylation is 1. The first kappa shape index (κ1) is 14.4. The molecule has 21 heavy (non-hydrogen) atoms. The lowest BCUT2D eigenvalue weighted by Crippen LogP contribution is -2.16. The van der Waals surface area contributed by atoms with Crippen LogP contribution in [0.4, 0.5) is 0 Å². The van der Waals surface area contributed by atoms with E-state index in [1.165, 1.54) is 12.8 Å². The maximum Gasteiger partial charge on any atom is 0.140 e. The monoisotopic (exact) mass is 304 g/mol. The van der Waals surface area contributed by atoms with Crippen LogP contribution in [0.1, 0.15) is 29.1 Å². The van der Waals surface area contributed by atoms with Gasteiger partial charge in [0.05, 0.1) is 7.11 Å². The van der Waals surface area contributed by atoms with Gasteiger partial charge in [0.1, 0.15) is 23.1 Å². The normalized spacial score (nSPS) is 14.2. The summed E-state index contributed by atoms with van der Waals surface area (Å²) in [6, 6.07) is 6.62. The molecule has 3 rings (SSSR count). The molecular weight excluding hydrogens is 284 g/mol. The predicted molar refractivity (Wildman–Crippen MR) is 84.0 cm³/mol. The molecule has 1 aliphatic rings. The average Bonchev–Trinajstić information content (AvgIpc) is 3.24. The van der Waals surface area contributed by atoms with Gasteiger partial charge in [0.25, 0.3) is 0 Å². The van der Waals surface area contributed by atoms with Crippen molar-refractivity contribution in [2.45, 2.75) is 39.0 Å². The molecule has 112 valence electrons. The van der Waals surface area contributed by atoms with E-state index in [9.17, 15) is 0 Å². The highest BCUT2D eigenvalue weighted by Gasteiger charge is 2.20. The van der Waals surface area contributed by atoms with Gasteiger partial charge in [-0.1, -0.05) is 0 Å². The van der Waals surface area contributed by atoms with Crippen LogP contribution in [0.5, 0.6) is 11.5 Å². The van der Waals surface area contributed by atoms with Gasteiger partial charge in [-0.2, -0.15) is 0 Å². The highest BCUT2D eigenvalue weighted by Crippen LogP contribution is 2.27. The first-order valence-electron chi connectivity index (χ1n) is 7.18. The number of aromatic nitrogens is 1. The molecule has 1 N–H and O–H groups in total. The Hall–Kier alpha value is -1.59. The molecule has 0 amide bonds. The van der Waals surface area contributed by atoms with Crippen molar-refractivity contribution in [2.24, 2.45) is 0 Å². The molecule has 0 radical (unpaired) electrons. The van der Waals surface area contributed by atoms with Crippen LogP contribution in [0, 0.1) is 6.92 Å². The van der Waals surface area contributed by atoms with E-state index in [2.05, 4.69) is 10.3 Å². The van der Waals surface area contributed by atoms with E-state index < -0.39 is 0 Å². The molecule has 1 aromatic carbocycles. The molecule has 0 bridgehead atoms. The fourth-order valence-corrected chi connectivity index (χ4v) is 2.79. The van der Waals surface area contributed by atoms with Crippen molar-refractivity contribution in [3.63, 3.8) is 0 Å². The average molecular weight is 304 g/mol. The number of nitrogens with one attached hydrogen (secondary N) is 1. The van der Waals surface area contributed by atoms with Crippen LogP contribution in [0.25, 0.3) is 0 Å². The summed E-state index contributed by atoms with van der Waals surface area (Å²) in [5.74, 6) is 1.76. The molecule has 0 aliphatic heterocycles. The minimum Gasteiger partial charge on any atom is -0.497 e. The van der Waals surface area contributed by atoms with Crippen molar-refractivity contribution in [3.05, 3.63) is 39.8 Å². The third kappa shape index (κ3) is 3.95. The van der Waals surface area contributed by atoms with Crippen LogP contribution < -0.4 is 14.8 Å². The molecule has 1 aromatic heterocycles. The number of ether oxygens (including phenoxy) is 2. The Morgan fingerprint density at radius 3 is 2.90 bits per heavy atom. The zero-order chi connectivity index (χ0) is 14.7.